The van der Waals surface area contributed by atoms with Crippen molar-refractivity contribution < 1.29 is 19.1 Å². The zero-order chi connectivity index (χ0) is 22.4. The third-order valence-electron chi connectivity index (χ3n) is 6.63. The highest BCUT2D eigenvalue weighted by atomic mass is 19.1. The smallest absolute Gasteiger partial charge is 0.323 e. The van der Waals surface area contributed by atoms with Crippen LogP contribution in [0.5, 0.6) is 0 Å². The number of carboxylic acid groups (broad SMARTS) is 1. The van der Waals surface area contributed by atoms with Gasteiger partial charge in [0, 0.05) is 45.5 Å². The molecule has 164 valence electrons. The van der Waals surface area contributed by atoms with Gasteiger partial charge in [-0.05, 0) is 49.1 Å². The Hall–Kier alpha value is -3.61. The van der Waals surface area contributed by atoms with E-state index < -0.39 is 5.97 Å². The second-order valence-corrected chi connectivity index (χ2v) is 8.53. The SMILES string of the molecule is C[C@H](C(=O)Nc1c[nH]c2ccccc12)[C@@H]1CCCc2c1n(CC(=O)O)c1ccc(F)cc21. The number of anilines is 1. The number of rotatable bonds is 5. The van der Waals surface area contributed by atoms with Gasteiger partial charge in [-0.1, -0.05) is 25.1 Å². The van der Waals surface area contributed by atoms with Gasteiger partial charge in [-0.2, -0.15) is 0 Å². The van der Waals surface area contributed by atoms with Gasteiger partial charge in [0.15, 0.2) is 0 Å². The van der Waals surface area contributed by atoms with Gasteiger partial charge in [-0.3, -0.25) is 9.59 Å². The molecule has 3 N–H and O–H groups in total. The predicted octanol–water partition coefficient (Wildman–Crippen LogP) is 5.04. The number of carboxylic acids is 1. The molecule has 0 aliphatic heterocycles. The number of nitrogens with zero attached hydrogens (tertiary/aromatic N) is 1. The summed E-state index contributed by atoms with van der Waals surface area (Å²) in [5.74, 6) is -1.97. The zero-order valence-corrected chi connectivity index (χ0v) is 17.7. The van der Waals surface area contributed by atoms with Gasteiger partial charge in [0.1, 0.15) is 12.4 Å². The van der Waals surface area contributed by atoms with Crippen molar-refractivity contribution in [3.63, 3.8) is 0 Å². The Balaban J connectivity index is 1.53. The first-order valence-electron chi connectivity index (χ1n) is 10.8. The third kappa shape index (κ3) is 3.34. The fourth-order valence-corrected chi connectivity index (χ4v) is 5.13. The summed E-state index contributed by atoms with van der Waals surface area (Å²) < 4.78 is 15.8. The molecule has 1 aliphatic carbocycles. The number of carbonyl (C=O) groups is 2. The molecule has 7 heteroatoms. The Kier molecular flexibility index (Phi) is 4.96. The molecule has 6 nitrogen and oxygen atoms in total. The number of aliphatic carboxylic acids is 1. The first-order chi connectivity index (χ1) is 15.4. The molecule has 0 radical (unpaired) electrons. The Morgan fingerprint density at radius 2 is 2.06 bits per heavy atom. The third-order valence-corrected chi connectivity index (χ3v) is 6.63. The van der Waals surface area contributed by atoms with Crippen LogP contribution in [0.1, 0.15) is 36.9 Å². The van der Waals surface area contributed by atoms with Gasteiger partial charge in [-0.15, -0.1) is 0 Å². The lowest BCUT2D eigenvalue weighted by molar-refractivity contribution is -0.137. The van der Waals surface area contributed by atoms with E-state index in [1.807, 2.05) is 31.2 Å². The lowest BCUT2D eigenvalue weighted by Crippen LogP contribution is -2.30. The molecule has 0 bridgehead atoms. The summed E-state index contributed by atoms with van der Waals surface area (Å²) in [6, 6.07) is 12.2. The molecule has 1 amide bonds. The molecule has 0 saturated heterocycles. The topological polar surface area (TPSA) is 87.1 Å². The van der Waals surface area contributed by atoms with Gasteiger partial charge in [-0.25, -0.2) is 4.39 Å². The maximum absolute atomic E-state index is 14.0. The van der Waals surface area contributed by atoms with Gasteiger partial charge >= 0.3 is 5.97 Å². The van der Waals surface area contributed by atoms with E-state index in [-0.39, 0.29) is 30.1 Å². The van der Waals surface area contributed by atoms with Crippen molar-refractivity contribution in [2.45, 2.75) is 38.6 Å². The average molecular weight is 433 g/mol. The summed E-state index contributed by atoms with van der Waals surface area (Å²) >= 11 is 0. The number of aromatic amines is 1. The van der Waals surface area contributed by atoms with Crippen LogP contribution in [0.15, 0.2) is 48.7 Å². The largest absolute Gasteiger partial charge is 0.480 e. The number of nitrogens with one attached hydrogen (secondary N) is 2. The summed E-state index contributed by atoms with van der Waals surface area (Å²) in [5, 5.41) is 14.3. The van der Waals surface area contributed by atoms with Crippen LogP contribution in [0.2, 0.25) is 0 Å². The van der Waals surface area contributed by atoms with Crippen LogP contribution in [0.3, 0.4) is 0 Å². The minimum atomic E-state index is -0.964. The molecule has 0 spiro atoms. The van der Waals surface area contributed by atoms with Crippen LogP contribution in [-0.4, -0.2) is 26.5 Å². The van der Waals surface area contributed by atoms with Crippen molar-refractivity contribution in [1.82, 2.24) is 9.55 Å². The van der Waals surface area contributed by atoms with Gasteiger partial charge in [0.25, 0.3) is 0 Å². The van der Waals surface area contributed by atoms with Crippen molar-refractivity contribution >= 4 is 39.4 Å². The van der Waals surface area contributed by atoms with Crippen molar-refractivity contribution in [3.05, 3.63) is 65.7 Å². The number of carbonyl (C=O) groups excluding carboxylic acids is 1. The average Bonchev–Trinajstić information content (AvgIpc) is 3.32. The molecule has 0 fully saturated rings. The standard InChI is InChI=1S/C25H24FN3O3/c1-14(25(32)28-21-12-27-20-8-3-2-5-18(20)21)16-6-4-7-17-19-11-15(26)9-10-22(19)29(24(16)17)13-23(30)31/h2-3,5,8-12,14,16,27H,4,6-7,13H2,1H3,(H,28,32)(H,30,31)/t14-,16-/m0/s1. The number of benzene rings is 2. The molecule has 0 saturated carbocycles. The highest BCUT2D eigenvalue weighted by molar-refractivity contribution is 6.02. The fraction of sp³-hybridized carbons (Fsp3) is 0.280. The quantitative estimate of drug-likeness (QED) is 0.412. The number of hydrogen-bond donors (Lipinski definition) is 3. The molecule has 2 aromatic carbocycles. The van der Waals surface area contributed by atoms with Gasteiger partial charge < -0.3 is 20.0 Å². The van der Waals surface area contributed by atoms with Crippen LogP contribution in [0.4, 0.5) is 10.1 Å². The number of H-pyrrole nitrogens is 1. The molecule has 5 rings (SSSR count). The Bertz CT molecular complexity index is 1350. The highest BCUT2D eigenvalue weighted by Crippen LogP contribution is 2.42. The number of para-hydroxylation sites is 1. The summed E-state index contributed by atoms with van der Waals surface area (Å²) in [5.41, 5.74) is 4.18. The number of hydrogen-bond acceptors (Lipinski definition) is 2. The zero-order valence-electron chi connectivity index (χ0n) is 17.7. The molecule has 0 unspecified atom stereocenters. The minimum absolute atomic E-state index is 0.120. The van der Waals surface area contributed by atoms with E-state index >= 15 is 0 Å². The number of amides is 1. The molecular formula is C25H24FN3O3. The summed E-state index contributed by atoms with van der Waals surface area (Å²) in [6.07, 6.45) is 4.17. The van der Waals surface area contributed by atoms with E-state index in [4.69, 9.17) is 0 Å². The molecule has 32 heavy (non-hydrogen) atoms. The monoisotopic (exact) mass is 433 g/mol. The number of aromatic nitrogens is 2. The van der Waals surface area contributed by atoms with Crippen LogP contribution in [0.25, 0.3) is 21.8 Å². The predicted molar refractivity (Wildman–Crippen MR) is 121 cm³/mol. The van der Waals surface area contributed by atoms with Crippen LogP contribution in [-0.2, 0) is 22.6 Å². The van der Waals surface area contributed by atoms with Crippen molar-refractivity contribution in [2.75, 3.05) is 5.32 Å². The Labute approximate surface area is 184 Å². The minimum Gasteiger partial charge on any atom is -0.480 e. The summed E-state index contributed by atoms with van der Waals surface area (Å²) in [7, 11) is 0. The normalized spacial score (nSPS) is 16.8. The Morgan fingerprint density at radius 3 is 2.88 bits per heavy atom. The molecule has 1 aliphatic rings. The van der Waals surface area contributed by atoms with Crippen molar-refractivity contribution in [3.8, 4) is 0 Å². The molecule has 4 aromatic rings. The second-order valence-electron chi connectivity index (χ2n) is 8.53. The van der Waals surface area contributed by atoms with E-state index in [1.54, 1.807) is 16.8 Å². The first-order valence-corrected chi connectivity index (χ1v) is 10.8. The van der Waals surface area contributed by atoms with E-state index in [1.165, 1.54) is 12.1 Å². The van der Waals surface area contributed by atoms with E-state index in [0.717, 1.165) is 52.5 Å². The van der Waals surface area contributed by atoms with E-state index in [9.17, 15) is 19.1 Å². The number of aryl methyl sites for hydroxylation is 1. The first kappa shape index (κ1) is 20.3. The van der Waals surface area contributed by atoms with Gasteiger partial charge in [0.2, 0.25) is 5.91 Å². The van der Waals surface area contributed by atoms with Gasteiger partial charge in [0.05, 0.1) is 5.69 Å². The molecule has 2 heterocycles. The molecule has 2 atom stereocenters. The van der Waals surface area contributed by atoms with Crippen LogP contribution < -0.4 is 5.32 Å². The van der Waals surface area contributed by atoms with Crippen molar-refractivity contribution in [1.29, 1.82) is 0 Å². The molecule has 2 aromatic heterocycles. The Morgan fingerprint density at radius 1 is 1.25 bits per heavy atom. The van der Waals surface area contributed by atoms with Crippen LogP contribution in [0, 0.1) is 11.7 Å². The maximum atomic E-state index is 14.0. The lowest BCUT2D eigenvalue weighted by atomic mass is 9.79. The van der Waals surface area contributed by atoms with E-state index in [0.29, 0.717) is 5.52 Å². The summed E-state index contributed by atoms with van der Waals surface area (Å²) in [6.45, 7) is 1.66. The van der Waals surface area contributed by atoms with Crippen LogP contribution >= 0.6 is 0 Å². The number of halogens is 1. The molecular weight excluding hydrogens is 409 g/mol. The fourth-order valence-electron chi connectivity index (χ4n) is 5.13. The highest BCUT2D eigenvalue weighted by Gasteiger charge is 2.35. The lowest BCUT2D eigenvalue weighted by Gasteiger charge is -2.29. The van der Waals surface area contributed by atoms with Crippen molar-refractivity contribution in [2.24, 2.45) is 5.92 Å². The maximum Gasteiger partial charge on any atom is 0.323 e. The number of fused-ring (bicyclic) bond motifs is 4. The summed E-state index contributed by atoms with van der Waals surface area (Å²) in [4.78, 5) is 28.0. The van der Waals surface area contributed by atoms with E-state index in [2.05, 4.69) is 10.3 Å². The second kappa shape index (κ2) is 7.82.